The molecule has 0 spiro atoms. The molecule has 0 aliphatic carbocycles. The van der Waals surface area contributed by atoms with Gasteiger partial charge < -0.3 is 11.5 Å². The number of carbonyl (C=O) groups excluding carboxylic acids is 1. The highest BCUT2D eigenvalue weighted by Gasteiger charge is 2.09. The Balaban J connectivity index is 2.88. The van der Waals surface area contributed by atoms with Gasteiger partial charge >= 0.3 is 0 Å². The minimum Gasteiger partial charge on any atom is -0.370 e. The molecule has 5 nitrogen and oxygen atoms in total. The molecule has 0 unspecified atom stereocenters. The lowest BCUT2D eigenvalue weighted by Crippen LogP contribution is -2.29. The number of aliphatic imine (C=N–C) groups is 1. The van der Waals surface area contributed by atoms with Gasteiger partial charge in [0.2, 0.25) is 0 Å². The van der Waals surface area contributed by atoms with Crippen LogP contribution in [0.25, 0.3) is 11.6 Å². The van der Waals surface area contributed by atoms with Crippen molar-refractivity contribution in [2.75, 3.05) is 0 Å². The van der Waals surface area contributed by atoms with Crippen LogP contribution in [0.2, 0.25) is 5.02 Å². The van der Waals surface area contributed by atoms with E-state index in [-0.39, 0.29) is 5.96 Å². The maximum atomic E-state index is 12.3. The highest BCUT2D eigenvalue weighted by atomic mass is 35.5. The van der Waals surface area contributed by atoms with E-state index in [1.54, 1.807) is 30.3 Å². The number of allylic oxidation sites excluding steroid dienone is 2. The van der Waals surface area contributed by atoms with Crippen molar-refractivity contribution in [1.29, 1.82) is 5.26 Å². The summed E-state index contributed by atoms with van der Waals surface area (Å²) >= 11 is 6.04. The van der Waals surface area contributed by atoms with E-state index in [4.69, 9.17) is 23.1 Å². The third-order valence-electron chi connectivity index (χ3n) is 4.55. The monoisotopic (exact) mass is 406 g/mol. The molecule has 0 radical (unpaired) electrons. The van der Waals surface area contributed by atoms with Crippen molar-refractivity contribution in [2.45, 2.75) is 27.2 Å². The quantitative estimate of drug-likeness (QED) is 0.601. The van der Waals surface area contributed by atoms with E-state index < -0.39 is 5.91 Å². The zero-order chi connectivity index (χ0) is 21.6. The molecule has 0 saturated carbocycles. The van der Waals surface area contributed by atoms with Crippen LogP contribution in [0.1, 0.15) is 48.7 Å². The van der Waals surface area contributed by atoms with Gasteiger partial charge in [0.15, 0.2) is 5.96 Å². The second kappa shape index (κ2) is 9.72. The predicted octanol–water partition coefficient (Wildman–Crippen LogP) is 2.98. The van der Waals surface area contributed by atoms with Crippen LogP contribution in [0.5, 0.6) is 0 Å². The highest BCUT2D eigenvalue weighted by molar-refractivity contribution is 6.30. The first-order valence-electron chi connectivity index (χ1n) is 9.09. The Bertz CT molecular complexity index is 1170. The largest absolute Gasteiger partial charge is 0.370 e. The molecule has 2 rings (SSSR count). The lowest BCUT2D eigenvalue weighted by Gasteiger charge is -2.07. The van der Waals surface area contributed by atoms with Gasteiger partial charge in [-0.3, -0.25) is 4.79 Å². The van der Waals surface area contributed by atoms with E-state index in [0.717, 1.165) is 28.0 Å². The van der Waals surface area contributed by atoms with Gasteiger partial charge in [-0.15, -0.1) is 0 Å². The van der Waals surface area contributed by atoms with E-state index in [2.05, 4.69) is 24.9 Å². The Morgan fingerprint density at radius 1 is 1.21 bits per heavy atom. The van der Waals surface area contributed by atoms with Crippen molar-refractivity contribution in [3.63, 3.8) is 0 Å². The molecule has 0 heterocycles. The van der Waals surface area contributed by atoms with Crippen molar-refractivity contribution in [3.8, 4) is 6.07 Å². The van der Waals surface area contributed by atoms with Gasteiger partial charge in [-0.2, -0.15) is 10.3 Å². The summed E-state index contributed by atoms with van der Waals surface area (Å²) in [5.41, 5.74) is 14.3. The normalized spacial score (nSPS) is 12.9. The zero-order valence-electron chi connectivity index (χ0n) is 16.7. The molecular formula is C23H23ClN4O. The smallest absolute Gasteiger partial charge is 0.280 e. The molecular weight excluding hydrogens is 384 g/mol. The van der Waals surface area contributed by atoms with E-state index in [1.807, 2.05) is 25.1 Å². The molecule has 0 fully saturated rings. The molecule has 0 bridgehead atoms. The van der Waals surface area contributed by atoms with Gasteiger partial charge in [0.05, 0.1) is 11.6 Å². The molecule has 1 amide bonds. The number of hydrogen-bond donors (Lipinski definition) is 2. The van der Waals surface area contributed by atoms with E-state index in [0.29, 0.717) is 16.1 Å². The van der Waals surface area contributed by atoms with Crippen LogP contribution in [0.4, 0.5) is 0 Å². The topological polar surface area (TPSA) is 105 Å². The fourth-order valence-electron chi connectivity index (χ4n) is 2.77. The Morgan fingerprint density at radius 3 is 2.55 bits per heavy atom. The summed E-state index contributed by atoms with van der Waals surface area (Å²) in [7, 11) is 0. The van der Waals surface area contributed by atoms with Gasteiger partial charge in [-0.1, -0.05) is 48.4 Å². The van der Waals surface area contributed by atoms with Gasteiger partial charge in [-0.05, 0) is 66.1 Å². The third-order valence-corrected chi connectivity index (χ3v) is 4.78. The standard InChI is InChI=1S/C23H23ClN4O/c1-4-14(2)5-6-16-7-8-17(22(29)28-23(26)27)12-21(16)15(3)20-10-9-19(24)11-18(20)13-25/h5-12H,4H2,1-3H3,(H4,26,27,28,29)/b14-5?,16-6-,21-15+. The number of nitriles is 1. The summed E-state index contributed by atoms with van der Waals surface area (Å²) in [6.45, 7) is 6.04. The van der Waals surface area contributed by atoms with Gasteiger partial charge in [0, 0.05) is 10.6 Å². The molecule has 2 aromatic carbocycles. The molecule has 0 aromatic heterocycles. The number of nitrogens with two attached hydrogens (primary N) is 2. The summed E-state index contributed by atoms with van der Waals surface area (Å²) in [6.07, 6.45) is 4.97. The molecule has 0 aliphatic rings. The SMILES string of the molecule is CCC(C)=C/C=c1/ccc(C(=O)N=C(N)N)c/c1=C(/C)c1ccc(Cl)cc1C#N. The highest BCUT2D eigenvalue weighted by Crippen LogP contribution is 2.20. The minimum absolute atomic E-state index is 0.293. The van der Waals surface area contributed by atoms with Crippen LogP contribution in [0, 0.1) is 11.3 Å². The number of carbonyl (C=O) groups is 1. The second-order valence-corrected chi connectivity index (χ2v) is 7.04. The lowest BCUT2D eigenvalue weighted by molar-refractivity contribution is 0.100. The van der Waals surface area contributed by atoms with Gasteiger partial charge in [0.1, 0.15) is 0 Å². The molecule has 0 aliphatic heterocycles. The number of guanidine groups is 1. The molecule has 4 N–H and O–H groups in total. The van der Waals surface area contributed by atoms with Crippen LogP contribution in [0.15, 0.2) is 53.0 Å². The van der Waals surface area contributed by atoms with Crippen LogP contribution in [-0.4, -0.2) is 11.9 Å². The fraction of sp³-hybridized carbons (Fsp3) is 0.174. The summed E-state index contributed by atoms with van der Waals surface area (Å²) in [6, 6.07) is 12.6. The maximum absolute atomic E-state index is 12.3. The molecule has 148 valence electrons. The number of amides is 1. The average Bonchev–Trinajstić information content (AvgIpc) is 2.70. The van der Waals surface area contributed by atoms with Gasteiger partial charge in [-0.25, -0.2) is 0 Å². The first-order valence-corrected chi connectivity index (χ1v) is 9.47. The molecule has 0 atom stereocenters. The number of rotatable bonds is 4. The molecule has 29 heavy (non-hydrogen) atoms. The lowest BCUT2D eigenvalue weighted by atomic mass is 9.97. The molecule has 6 heteroatoms. The first-order chi connectivity index (χ1) is 13.8. The van der Waals surface area contributed by atoms with Crippen molar-refractivity contribution >= 4 is 35.1 Å². The molecule has 2 aromatic rings. The Morgan fingerprint density at radius 2 is 1.93 bits per heavy atom. The zero-order valence-corrected chi connectivity index (χ0v) is 17.4. The number of nitrogens with zero attached hydrogens (tertiary/aromatic N) is 2. The van der Waals surface area contributed by atoms with Gasteiger partial charge in [0.25, 0.3) is 5.91 Å². The van der Waals surface area contributed by atoms with Crippen molar-refractivity contribution in [2.24, 2.45) is 16.5 Å². The Kier molecular flexibility index (Phi) is 7.35. The van der Waals surface area contributed by atoms with Crippen LogP contribution in [-0.2, 0) is 0 Å². The summed E-state index contributed by atoms with van der Waals surface area (Å²) < 4.78 is 0. The van der Waals surface area contributed by atoms with Crippen molar-refractivity contribution < 1.29 is 4.79 Å². The predicted molar refractivity (Wildman–Crippen MR) is 119 cm³/mol. The van der Waals surface area contributed by atoms with E-state index in [1.165, 1.54) is 5.57 Å². The number of hydrogen-bond acceptors (Lipinski definition) is 2. The summed E-state index contributed by atoms with van der Waals surface area (Å²) in [5.74, 6) is -0.818. The number of halogens is 1. The van der Waals surface area contributed by atoms with Crippen molar-refractivity contribution in [1.82, 2.24) is 0 Å². The maximum Gasteiger partial charge on any atom is 0.280 e. The average molecular weight is 407 g/mol. The Hall–Kier alpha value is -3.36. The Labute approximate surface area is 175 Å². The van der Waals surface area contributed by atoms with Crippen LogP contribution in [0.3, 0.4) is 0 Å². The van der Waals surface area contributed by atoms with E-state index in [9.17, 15) is 10.1 Å². The number of benzene rings is 2. The molecule has 0 saturated heterocycles. The van der Waals surface area contributed by atoms with Crippen LogP contribution < -0.4 is 21.9 Å². The first kappa shape index (κ1) is 21.9. The van der Waals surface area contributed by atoms with E-state index >= 15 is 0 Å². The van der Waals surface area contributed by atoms with Crippen LogP contribution >= 0.6 is 11.6 Å². The fourth-order valence-corrected chi connectivity index (χ4v) is 2.94. The minimum atomic E-state index is -0.525. The summed E-state index contributed by atoms with van der Waals surface area (Å²) in [4.78, 5) is 15.9. The second-order valence-electron chi connectivity index (χ2n) is 6.60. The van der Waals surface area contributed by atoms with Crippen molar-refractivity contribution in [3.05, 3.63) is 80.2 Å². The summed E-state index contributed by atoms with van der Waals surface area (Å²) in [5, 5.41) is 11.7. The third kappa shape index (κ3) is 5.56.